The van der Waals surface area contributed by atoms with Gasteiger partial charge in [-0.05, 0) is 54.7 Å². The van der Waals surface area contributed by atoms with E-state index in [2.05, 4.69) is 20.9 Å². The molecule has 3 N–H and O–H groups in total. The number of amides is 2. The lowest BCUT2D eigenvalue weighted by Crippen LogP contribution is -2.40. The van der Waals surface area contributed by atoms with Gasteiger partial charge in [0.1, 0.15) is 0 Å². The number of aliphatic imine (C=N–C) groups is 1. The van der Waals surface area contributed by atoms with Crippen molar-refractivity contribution >= 4 is 40.7 Å². The van der Waals surface area contributed by atoms with Gasteiger partial charge in [-0.1, -0.05) is 30.5 Å². The Hall–Kier alpha value is -3.10. The molecule has 2 aliphatic heterocycles. The molecule has 5 rings (SSSR count). The fourth-order valence-electron chi connectivity index (χ4n) is 4.93. The van der Waals surface area contributed by atoms with Crippen LogP contribution in [0.4, 0.5) is 11.4 Å². The van der Waals surface area contributed by atoms with Crippen LogP contribution in [0, 0.1) is 0 Å². The Labute approximate surface area is 210 Å². The molecule has 2 aromatic rings. The Bertz CT molecular complexity index is 1130. The molecule has 3 aliphatic rings. The molecule has 35 heavy (non-hydrogen) atoms. The largest absolute Gasteiger partial charge is 0.378 e. The van der Waals surface area contributed by atoms with Gasteiger partial charge in [0, 0.05) is 37.4 Å². The van der Waals surface area contributed by atoms with Crippen molar-refractivity contribution in [3.05, 3.63) is 58.1 Å². The van der Waals surface area contributed by atoms with Crippen molar-refractivity contribution in [2.24, 2.45) is 4.99 Å². The predicted molar refractivity (Wildman–Crippen MR) is 137 cm³/mol. The van der Waals surface area contributed by atoms with Crippen LogP contribution in [-0.2, 0) is 4.74 Å². The number of halogens is 1. The van der Waals surface area contributed by atoms with E-state index < -0.39 is 0 Å². The molecule has 2 saturated heterocycles. The van der Waals surface area contributed by atoms with Gasteiger partial charge in [-0.2, -0.15) is 4.99 Å². The van der Waals surface area contributed by atoms with Crippen molar-refractivity contribution in [3.8, 4) is 0 Å². The molecule has 3 fully saturated rings. The summed E-state index contributed by atoms with van der Waals surface area (Å²) in [6, 6.07) is 11.1. The normalized spacial score (nSPS) is 18.2. The van der Waals surface area contributed by atoms with E-state index in [1.807, 2.05) is 24.3 Å². The average Bonchev–Trinajstić information content (AvgIpc) is 3.60. The topological polar surface area (TPSA) is 95.1 Å². The highest BCUT2D eigenvalue weighted by molar-refractivity contribution is 6.36. The van der Waals surface area contributed by atoms with Gasteiger partial charge >= 0.3 is 0 Å². The molecule has 184 valence electrons. The molecule has 8 nitrogen and oxygen atoms in total. The number of ether oxygens (including phenoxy) is 1. The highest BCUT2D eigenvalue weighted by atomic mass is 35.5. The molecule has 0 radical (unpaired) electrons. The number of rotatable bonds is 5. The number of guanidine groups is 1. The molecule has 2 amide bonds. The molecule has 2 heterocycles. The lowest BCUT2D eigenvalue weighted by Gasteiger charge is -2.27. The minimum atomic E-state index is -0.274. The number of carbonyl (C=O) groups is 2. The second-order valence-corrected chi connectivity index (χ2v) is 9.48. The van der Waals surface area contributed by atoms with Crippen LogP contribution in [0.2, 0.25) is 5.02 Å². The van der Waals surface area contributed by atoms with Crippen LogP contribution in [0.15, 0.2) is 41.4 Å². The van der Waals surface area contributed by atoms with E-state index in [1.54, 1.807) is 17.0 Å². The minimum absolute atomic E-state index is 0.0906. The first-order chi connectivity index (χ1) is 17.1. The van der Waals surface area contributed by atoms with Crippen LogP contribution >= 0.6 is 11.6 Å². The number of nitrogens with zero attached hydrogens (tertiary/aromatic N) is 2. The second-order valence-electron chi connectivity index (χ2n) is 9.10. The molecule has 1 saturated carbocycles. The number of nitrogens with one attached hydrogen (secondary N) is 3. The van der Waals surface area contributed by atoms with Gasteiger partial charge in [-0.25, -0.2) is 0 Å². The molecular formula is C26H30ClN5O3. The summed E-state index contributed by atoms with van der Waals surface area (Å²) in [6.07, 6.45) is 4.49. The first-order valence-electron chi connectivity index (χ1n) is 12.3. The maximum atomic E-state index is 13.1. The second kappa shape index (κ2) is 10.7. The predicted octanol–water partition coefficient (Wildman–Crippen LogP) is 3.90. The summed E-state index contributed by atoms with van der Waals surface area (Å²) in [5.41, 5.74) is 3.68. The van der Waals surface area contributed by atoms with Gasteiger partial charge in [0.25, 0.3) is 11.8 Å². The van der Waals surface area contributed by atoms with E-state index in [4.69, 9.17) is 16.3 Å². The van der Waals surface area contributed by atoms with Crippen molar-refractivity contribution in [1.29, 1.82) is 0 Å². The highest BCUT2D eigenvalue weighted by Gasteiger charge is 2.24. The van der Waals surface area contributed by atoms with E-state index in [9.17, 15) is 9.59 Å². The van der Waals surface area contributed by atoms with Crippen LogP contribution in [0.1, 0.15) is 57.9 Å². The first-order valence-corrected chi connectivity index (χ1v) is 12.7. The molecule has 0 aromatic heterocycles. The number of hydrogen-bond acceptors (Lipinski definition) is 4. The van der Waals surface area contributed by atoms with Crippen molar-refractivity contribution in [2.75, 3.05) is 44.7 Å². The summed E-state index contributed by atoms with van der Waals surface area (Å²) in [6.45, 7) is 3.71. The van der Waals surface area contributed by atoms with Crippen LogP contribution in [0.25, 0.3) is 0 Å². The van der Waals surface area contributed by atoms with Gasteiger partial charge in [0.2, 0.25) is 0 Å². The molecule has 0 bridgehead atoms. The van der Waals surface area contributed by atoms with E-state index in [0.717, 1.165) is 37.2 Å². The Morgan fingerprint density at radius 1 is 1.03 bits per heavy atom. The SMILES string of the molecule is O=C(N=C1NCCN1)c1ccc(Nc2cccc(C(=O)N3CCOCC3)c2Cl)c(C2CCCC2)c1. The van der Waals surface area contributed by atoms with Crippen LogP contribution in [0.3, 0.4) is 0 Å². The fraction of sp³-hybridized carbons (Fsp3) is 0.423. The number of carbonyl (C=O) groups excluding carboxylic acids is 2. The monoisotopic (exact) mass is 495 g/mol. The van der Waals surface area contributed by atoms with Crippen molar-refractivity contribution in [3.63, 3.8) is 0 Å². The fourth-order valence-corrected chi connectivity index (χ4v) is 5.18. The van der Waals surface area contributed by atoms with E-state index >= 15 is 0 Å². The van der Waals surface area contributed by atoms with Crippen LogP contribution in [0.5, 0.6) is 0 Å². The first kappa shape index (κ1) is 23.6. The molecule has 0 spiro atoms. The molecule has 9 heteroatoms. The maximum Gasteiger partial charge on any atom is 0.280 e. The number of benzene rings is 2. The highest BCUT2D eigenvalue weighted by Crippen LogP contribution is 2.40. The Morgan fingerprint density at radius 3 is 2.51 bits per heavy atom. The van der Waals surface area contributed by atoms with Crippen molar-refractivity contribution < 1.29 is 14.3 Å². The van der Waals surface area contributed by atoms with Gasteiger partial charge < -0.3 is 25.6 Å². The quantitative estimate of drug-likeness (QED) is 0.582. The summed E-state index contributed by atoms with van der Waals surface area (Å²) in [4.78, 5) is 31.8. The third-order valence-corrected chi connectivity index (χ3v) is 7.22. The lowest BCUT2D eigenvalue weighted by atomic mass is 9.93. The van der Waals surface area contributed by atoms with Crippen LogP contribution in [-0.4, -0.2) is 62.1 Å². The van der Waals surface area contributed by atoms with E-state index in [1.165, 1.54) is 12.8 Å². The summed E-state index contributed by atoms with van der Waals surface area (Å²) in [7, 11) is 0. The van der Waals surface area contributed by atoms with E-state index in [0.29, 0.717) is 60.0 Å². The molecule has 0 atom stereocenters. The molecular weight excluding hydrogens is 466 g/mol. The summed E-state index contributed by atoms with van der Waals surface area (Å²) in [5.74, 6) is 0.515. The number of hydrogen-bond donors (Lipinski definition) is 3. The Balaban J connectivity index is 1.43. The Kier molecular flexibility index (Phi) is 7.20. The number of morpholine rings is 1. The zero-order valence-electron chi connectivity index (χ0n) is 19.6. The molecule has 2 aromatic carbocycles. The van der Waals surface area contributed by atoms with Crippen LogP contribution < -0.4 is 16.0 Å². The zero-order chi connectivity index (χ0) is 24.2. The van der Waals surface area contributed by atoms with E-state index in [-0.39, 0.29) is 11.8 Å². The third kappa shape index (κ3) is 5.28. The molecule has 1 aliphatic carbocycles. The Morgan fingerprint density at radius 2 is 1.77 bits per heavy atom. The van der Waals surface area contributed by atoms with Crippen molar-refractivity contribution in [1.82, 2.24) is 15.5 Å². The zero-order valence-corrected chi connectivity index (χ0v) is 20.4. The van der Waals surface area contributed by atoms with Gasteiger partial charge in [0.15, 0.2) is 5.96 Å². The number of anilines is 2. The molecule has 0 unspecified atom stereocenters. The lowest BCUT2D eigenvalue weighted by molar-refractivity contribution is 0.0303. The third-order valence-electron chi connectivity index (χ3n) is 6.81. The summed E-state index contributed by atoms with van der Waals surface area (Å²) < 4.78 is 5.37. The smallest absolute Gasteiger partial charge is 0.280 e. The summed E-state index contributed by atoms with van der Waals surface area (Å²) >= 11 is 6.73. The minimum Gasteiger partial charge on any atom is -0.378 e. The van der Waals surface area contributed by atoms with Gasteiger partial charge in [-0.3, -0.25) is 9.59 Å². The van der Waals surface area contributed by atoms with Gasteiger partial charge in [-0.15, -0.1) is 0 Å². The summed E-state index contributed by atoms with van der Waals surface area (Å²) in [5, 5.41) is 9.99. The average molecular weight is 496 g/mol. The van der Waals surface area contributed by atoms with Gasteiger partial charge in [0.05, 0.1) is 29.5 Å². The van der Waals surface area contributed by atoms with Crippen molar-refractivity contribution in [2.45, 2.75) is 31.6 Å². The standard InChI is InChI=1S/C26H30ClN5O3/c27-23-19(25(34)32-12-14-35-15-13-32)6-3-7-22(23)30-21-9-8-18(16-20(21)17-4-1-2-5-17)24(33)31-26-28-10-11-29-26/h3,6-9,16-17,30H,1-2,4-5,10-15H2,(H2,28,29,31,33). The maximum absolute atomic E-state index is 13.1.